The molecule has 0 aromatic heterocycles. The second-order valence-corrected chi connectivity index (χ2v) is 14.2. The Hall–Kier alpha value is 0.597. The van der Waals surface area contributed by atoms with Crippen LogP contribution in [0.4, 0.5) is 0 Å². The Bertz CT molecular complexity index is 312. The SMILES string of the molecule is CC(C)(Cl)C(Cc1ccccc1)[Si](Cl)(Cl)Cl. The molecule has 5 heteroatoms. The van der Waals surface area contributed by atoms with E-state index in [1.54, 1.807) is 0 Å². The molecule has 1 rings (SSSR count). The molecule has 1 aromatic rings. The first kappa shape index (κ1) is 14.7. The first-order valence-corrected chi connectivity index (χ1v) is 10.5. The Morgan fingerprint density at radius 1 is 1.12 bits per heavy atom. The van der Waals surface area contributed by atoms with Crippen LogP contribution in [-0.2, 0) is 6.42 Å². The van der Waals surface area contributed by atoms with Crippen molar-refractivity contribution in [2.75, 3.05) is 0 Å². The second-order valence-electron chi connectivity index (χ2n) is 4.35. The molecule has 90 valence electrons. The van der Waals surface area contributed by atoms with E-state index < -0.39 is 10.9 Å². The fraction of sp³-hybridized carbons (Fsp3) is 0.455. The van der Waals surface area contributed by atoms with Gasteiger partial charge in [-0.2, -0.15) is 0 Å². The molecule has 1 aromatic carbocycles. The number of benzene rings is 1. The van der Waals surface area contributed by atoms with Gasteiger partial charge in [-0.1, -0.05) is 30.3 Å². The lowest BCUT2D eigenvalue weighted by Gasteiger charge is -2.32. The molecule has 0 aliphatic heterocycles. The lowest BCUT2D eigenvalue weighted by molar-refractivity contribution is 0.620. The van der Waals surface area contributed by atoms with Crippen LogP contribution >= 0.6 is 44.8 Å². The highest BCUT2D eigenvalue weighted by Gasteiger charge is 2.45. The highest BCUT2D eigenvalue weighted by Crippen LogP contribution is 2.46. The predicted molar refractivity (Wildman–Crippen MR) is 77.1 cm³/mol. The van der Waals surface area contributed by atoms with E-state index >= 15 is 0 Å². The third-order valence-corrected chi connectivity index (χ3v) is 7.04. The molecule has 0 N–H and O–H groups in total. The van der Waals surface area contributed by atoms with Crippen LogP contribution in [0.5, 0.6) is 0 Å². The summed E-state index contributed by atoms with van der Waals surface area (Å²) in [6.07, 6.45) is 0.708. The molecule has 0 heterocycles. The minimum Gasteiger partial charge on any atom is -0.126 e. The molecule has 1 atom stereocenters. The van der Waals surface area contributed by atoms with Crippen LogP contribution in [-0.4, -0.2) is 10.9 Å². The molecule has 0 saturated heterocycles. The molecule has 0 nitrogen and oxygen atoms in total. The normalized spacial score (nSPS) is 14.9. The van der Waals surface area contributed by atoms with Gasteiger partial charge in [-0.3, -0.25) is 0 Å². The zero-order chi connectivity index (χ0) is 12.4. The quantitative estimate of drug-likeness (QED) is 0.403. The maximum absolute atomic E-state index is 6.32. The van der Waals surface area contributed by atoms with Gasteiger partial charge in [-0.05, 0) is 25.8 Å². The summed E-state index contributed by atoms with van der Waals surface area (Å²) in [7, 11) is 0. The largest absolute Gasteiger partial charge is 0.346 e. The molecular formula is C11H14Cl4Si. The Morgan fingerprint density at radius 3 is 2.00 bits per heavy atom. The van der Waals surface area contributed by atoms with E-state index in [1.807, 2.05) is 44.2 Å². The first-order chi connectivity index (χ1) is 7.21. The number of hydrogen-bond donors (Lipinski definition) is 0. The van der Waals surface area contributed by atoms with Crippen LogP contribution in [0.1, 0.15) is 19.4 Å². The van der Waals surface area contributed by atoms with Gasteiger partial charge in [-0.25, -0.2) is 0 Å². The maximum Gasteiger partial charge on any atom is 0.346 e. The molecule has 0 spiro atoms. The molecule has 0 bridgehead atoms. The van der Waals surface area contributed by atoms with E-state index in [1.165, 1.54) is 0 Å². The highest BCUT2D eigenvalue weighted by atomic mass is 35.8. The summed E-state index contributed by atoms with van der Waals surface area (Å²) in [6.45, 7) is 3.80. The molecule has 16 heavy (non-hydrogen) atoms. The molecule has 0 aliphatic carbocycles. The van der Waals surface area contributed by atoms with Crippen LogP contribution in [0.3, 0.4) is 0 Å². The van der Waals surface area contributed by atoms with E-state index in [9.17, 15) is 0 Å². The molecule has 0 saturated carbocycles. The summed E-state index contributed by atoms with van der Waals surface area (Å²) >= 11 is 24.7. The molecule has 0 aliphatic rings. The third kappa shape index (κ3) is 4.46. The average molecular weight is 316 g/mol. The second kappa shape index (κ2) is 5.49. The monoisotopic (exact) mass is 314 g/mol. The van der Waals surface area contributed by atoms with Crippen molar-refractivity contribution in [1.82, 2.24) is 0 Å². The summed E-state index contributed by atoms with van der Waals surface area (Å²) in [5.74, 6) is 0. The summed E-state index contributed by atoms with van der Waals surface area (Å²) in [4.78, 5) is -0.507. The van der Waals surface area contributed by atoms with Gasteiger partial charge >= 0.3 is 6.00 Å². The van der Waals surface area contributed by atoms with Crippen LogP contribution in [0.25, 0.3) is 0 Å². The van der Waals surface area contributed by atoms with Crippen molar-refractivity contribution >= 4 is 50.8 Å². The lowest BCUT2D eigenvalue weighted by Crippen LogP contribution is -2.35. The zero-order valence-electron chi connectivity index (χ0n) is 9.18. The molecule has 0 amide bonds. The summed E-state index contributed by atoms with van der Waals surface area (Å²) in [5.41, 5.74) is 1.05. The van der Waals surface area contributed by atoms with Gasteiger partial charge in [0.2, 0.25) is 0 Å². The van der Waals surface area contributed by atoms with Gasteiger partial charge in [0, 0.05) is 10.4 Å². The fourth-order valence-electron chi connectivity index (χ4n) is 1.60. The topological polar surface area (TPSA) is 0 Å². The Morgan fingerprint density at radius 2 is 1.62 bits per heavy atom. The van der Waals surface area contributed by atoms with E-state index in [0.29, 0.717) is 6.42 Å². The number of alkyl halides is 1. The van der Waals surface area contributed by atoms with Gasteiger partial charge < -0.3 is 0 Å². The molecule has 1 unspecified atom stereocenters. The van der Waals surface area contributed by atoms with Crippen LogP contribution in [0.2, 0.25) is 5.54 Å². The van der Waals surface area contributed by atoms with Crippen molar-refractivity contribution < 1.29 is 0 Å². The van der Waals surface area contributed by atoms with E-state index in [0.717, 1.165) is 5.56 Å². The van der Waals surface area contributed by atoms with Crippen molar-refractivity contribution in [2.24, 2.45) is 0 Å². The van der Waals surface area contributed by atoms with Gasteiger partial charge in [0.05, 0.1) is 0 Å². The predicted octanol–water partition coefficient (Wildman–Crippen LogP) is 5.27. The fourth-order valence-corrected chi connectivity index (χ4v) is 7.06. The molecule has 0 radical (unpaired) electrons. The van der Waals surface area contributed by atoms with E-state index in [4.69, 9.17) is 44.8 Å². The van der Waals surface area contributed by atoms with E-state index in [-0.39, 0.29) is 5.54 Å². The van der Waals surface area contributed by atoms with Crippen molar-refractivity contribution in [2.45, 2.75) is 30.7 Å². The maximum atomic E-state index is 6.32. The summed E-state index contributed by atoms with van der Waals surface area (Å²) in [6, 6.07) is 7.17. The number of halogens is 4. The smallest absolute Gasteiger partial charge is 0.126 e. The molecular weight excluding hydrogens is 302 g/mol. The average Bonchev–Trinajstić information content (AvgIpc) is 2.12. The summed E-state index contributed by atoms with van der Waals surface area (Å²) in [5, 5.41) is 0. The van der Waals surface area contributed by atoms with Gasteiger partial charge in [0.25, 0.3) is 0 Å². The van der Waals surface area contributed by atoms with Crippen molar-refractivity contribution in [3.8, 4) is 0 Å². The minimum absolute atomic E-state index is 0.103. The zero-order valence-corrected chi connectivity index (χ0v) is 13.2. The lowest BCUT2D eigenvalue weighted by atomic mass is 10.0. The standard InChI is InChI=1S/C11H14Cl4Si/c1-11(2,12)10(16(13,14)15)8-9-6-4-3-5-7-9/h3-7,10H,8H2,1-2H3. The Balaban J connectivity index is 2.89. The van der Waals surface area contributed by atoms with Crippen LogP contribution in [0, 0.1) is 0 Å². The van der Waals surface area contributed by atoms with E-state index in [2.05, 4.69) is 0 Å². The van der Waals surface area contributed by atoms with Crippen LogP contribution in [0.15, 0.2) is 30.3 Å². The Labute approximate surface area is 117 Å². The van der Waals surface area contributed by atoms with Crippen molar-refractivity contribution in [1.29, 1.82) is 0 Å². The number of rotatable bonds is 4. The third-order valence-electron chi connectivity index (χ3n) is 2.51. The van der Waals surface area contributed by atoms with Crippen molar-refractivity contribution in [3.63, 3.8) is 0 Å². The number of hydrogen-bond acceptors (Lipinski definition) is 0. The Kier molecular flexibility index (Phi) is 5.03. The van der Waals surface area contributed by atoms with Crippen LogP contribution < -0.4 is 0 Å². The van der Waals surface area contributed by atoms with Gasteiger partial charge in [0.15, 0.2) is 0 Å². The first-order valence-electron chi connectivity index (χ1n) is 5.01. The van der Waals surface area contributed by atoms with Crippen molar-refractivity contribution in [3.05, 3.63) is 35.9 Å². The summed E-state index contributed by atoms with van der Waals surface area (Å²) < 4.78 is 0. The minimum atomic E-state index is -2.82. The van der Waals surface area contributed by atoms with Gasteiger partial charge in [-0.15, -0.1) is 44.8 Å². The highest BCUT2D eigenvalue weighted by molar-refractivity contribution is 7.65. The molecule has 0 fully saturated rings. The van der Waals surface area contributed by atoms with Gasteiger partial charge in [0.1, 0.15) is 0 Å².